The first-order valence-electron chi connectivity index (χ1n) is 4.82. The molecule has 0 aliphatic rings. The zero-order valence-corrected chi connectivity index (χ0v) is 9.82. The molecule has 0 saturated heterocycles. The molecule has 7 heteroatoms. The van der Waals surface area contributed by atoms with Crippen LogP contribution >= 0.6 is 11.6 Å². The van der Waals surface area contributed by atoms with Crippen LogP contribution in [0.2, 0.25) is 5.15 Å². The lowest BCUT2D eigenvalue weighted by Gasteiger charge is -2.10. The highest BCUT2D eigenvalue weighted by atomic mass is 35.5. The molecule has 86 valence electrons. The molecule has 2 rings (SSSR count). The summed E-state index contributed by atoms with van der Waals surface area (Å²) in [6.07, 6.45) is 1.44. The van der Waals surface area contributed by atoms with E-state index in [1.165, 1.54) is 6.33 Å². The third-order valence-corrected chi connectivity index (χ3v) is 2.57. The summed E-state index contributed by atoms with van der Waals surface area (Å²) in [5.74, 6) is 1.28. The Labute approximate surface area is 97.6 Å². The minimum Gasteiger partial charge on any atom is -0.383 e. The van der Waals surface area contributed by atoms with Crippen molar-refractivity contribution in [3.05, 3.63) is 17.0 Å². The average molecular weight is 242 g/mol. The lowest BCUT2D eigenvalue weighted by molar-refractivity contribution is 0.210. The molecule has 0 atom stereocenters. The standard InChI is InChI=1S/C9H12ClN5O/c1-6-7(10)14-9-12-5-13-15(9)8(6)11-3-4-16-2/h5,11H,3-4H2,1-2H3. The Kier molecular flexibility index (Phi) is 3.21. The topological polar surface area (TPSA) is 64.3 Å². The number of nitrogens with zero attached hydrogens (tertiary/aromatic N) is 4. The van der Waals surface area contributed by atoms with Gasteiger partial charge in [-0.2, -0.15) is 19.6 Å². The summed E-state index contributed by atoms with van der Waals surface area (Å²) in [5, 5.41) is 7.71. The molecule has 1 N–H and O–H groups in total. The maximum absolute atomic E-state index is 6.00. The van der Waals surface area contributed by atoms with E-state index in [2.05, 4.69) is 20.4 Å². The van der Waals surface area contributed by atoms with E-state index < -0.39 is 0 Å². The van der Waals surface area contributed by atoms with Crippen LogP contribution in [0, 0.1) is 6.92 Å². The lowest BCUT2D eigenvalue weighted by Crippen LogP contribution is -2.13. The fraction of sp³-hybridized carbons (Fsp3) is 0.444. The van der Waals surface area contributed by atoms with Crippen molar-refractivity contribution in [1.82, 2.24) is 19.6 Å². The highest BCUT2D eigenvalue weighted by molar-refractivity contribution is 6.30. The molecule has 0 fully saturated rings. The SMILES string of the molecule is COCCNc1c(C)c(Cl)nc2ncnn12. The maximum atomic E-state index is 6.00. The molecule has 0 aliphatic carbocycles. The van der Waals surface area contributed by atoms with Crippen LogP contribution in [0.5, 0.6) is 0 Å². The predicted molar refractivity (Wildman–Crippen MR) is 60.9 cm³/mol. The molecule has 0 aromatic carbocycles. The number of nitrogens with one attached hydrogen (secondary N) is 1. The van der Waals surface area contributed by atoms with Gasteiger partial charge in [0.15, 0.2) is 0 Å². The normalized spacial score (nSPS) is 10.9. The first-order chi connectivity index (χ1) is 7.74. The maximum Gasteiger partial charge on any atom is 0.255 e. The van der Waals surface area contributed by atoms with Gasteiger partial charge < -0.3 is 10.1 Å². The van der Waals surface area contributed by atoms with E-state index in [-0.39, 0.29) is 0 Å². The van der Waals surface area contributed by atoms with Gasteiger partial charge in [-0.25, -0.2) is 0 Å². The van der Waals surface area contributed by atoms with Crippen LogP contribution in [-0.2, 0) is 4.74 Å². The summed E-state index contributed by atoms with van der Waals surface area (Å²) in [5.41, 5.74) is 0.843. The van der Waals surface area contributed by atoms with Crippen LogP contribution in [0.4, 0.5) is 5.82 Å². The molecule has 2 aromatic rings. The average Bonchev–Trinajstić information content (AvgIpc) is 2.71. The largest absolute Gasteiger partial charge is 0.383 e. The number of halogens is 1. The molecule has 0 unspecified atom stereocenters. The van der Waals surface area contributed by atoms with Gasteiger partial charge in [0, 0.05) is 19.2 Å². The fourth-order valence-electron chi connectivity index (χ4n) is 1.38. The Bertz CT molecular complexity index is 498. The molecular formula is C9H12ClN5O. The number of rotatable bonds is 4. The summed E-state index contributed by atoms with van der Waals surface area (Å²) in [6.45, 7) is 3.16. The molecule has 0 aliphatic heterocycles. The third kappa shape index (κ3) is 1.94. The Balaban J connectivity index is 2.39. The first kappa shape index (κ1) is 11.1. The van der Waals surface area contributed by atoms with Crippen LogP contribution in [0.3, 0.4) is 0 Å². The molecule has 6 nitrogen and oxygen atoms in total. The van der Waals surface area contributed by atoms with Gasteiger partial charge >= 0.3 is 0 Å². The molecule has 0 saturated carbocycles. The monoisotopic (exact) mass is 241 g/mol. The predicted octanol–water partition coefficient (Wildman–Crippen LogP) is 1.14. The van der Waals surface area contributed by atoms with Gasteiger partial charge in [0.2, 0.25) is 0 Å². The quantitative estimate of drug-likeness (QED) is 0.643. The second-order valence-electron chi connectivity index (χ2n) is 3.27. The second-order valence-corrected chi connectivity index (χ2v) is 3.63. The molecule has 0 amide bonds. The van der Waals surface area contributed by atoms with Crippen molar-refractivity contribution < 1.29 is 4.74 Å². The molecule has 0 radical (unpaired) electrons. The molecule has 2 aromatic heterocycles. The minimum atomic E-state index is 0.431. The van der Waals surface area contributed by atoms with Crippen molar-refractivity contribution in [2.24, 2.45) is 0 Å². The van der Waals surface area contributed by atoms with Gasteiger partial charge in [0.05, 0.1) is 6.61 Å². The smallest absolute Gasteiger partial charge is 0.255 e. The third-order valence-electron chi connectivity index (χ3n) is 2.20. The number of ether oxygens (including phenoxy) is 1. The lowest BCUT2D eigenvalue weighted by atomic mass is 10.3. The highest BCUT2D eigenvalue weighted by Crippen LogP contribution is 2.21. The molecule has 0 spiro atoms. The Morgan fingerprint density at radius 1 is 1.56 bits per heavy atom. The molecule has 2 heterocycles. The van der Waals surface area contributed by atoms with Crippen molar-refractivity contribution in [3.63, 3.8) is 0 Å². The van der Waals surface area contributed by atoms with Gasteiger partial charge in [-0.3, -0.25) is 0 Å². The number of fused-ring (bicyclic) bond motifs is 1. The van der Waals surface area contributed by atoms with Gasteiger partial charge in [-0.05, 0) is 6.92 Å². The van der Waals surface area contributed by atoms with Crippen molar-refractivity contribution in [2.45, 2.75) is 6.92 Å². The van der Waals surface area contributed by atoms with Crippen molar-refractivity contribution in [3.8, 4) is 0 Å². The summed E-state index contributed by atoms with van der Waals surface area (Å²) in [7, 11) is 1.65. The number of anilines is 1. The zero-order chi connectivity index (χ0) is 11.5. The highest BCUT2D eigenvalue weighted by Gasteiger charge is 2.11. The van der Waals surface area contributed by atoms with E-state index in [0.29, 0.717) is 24.1 Å². The Morgan fingerprint density at radius 2 is 2.38 bits per heavy atom. The van der Waals surface area contributed by atoms with Crippen LogP contribution < -0.4 is 5.32 Å². The number of hydrogen-bond acceptors (Lipinski definition) is 5. The molecule has 0 bridgehead atoms. The van der Waals surface area contributed by atoms with E-state index in [0.717, 1.165) is 11.4 Å². The van der Waals surface area contributed by atoms with Crippen molar-refractivity contribution in [2.75, 3.05) is 25.6 Å². The van der Waals surface area contributed by atoms with Gasteiger partial charge in [0.25, 0.3) is 5.78 Å². The van der Waals surface area contributed by atoms with E-state index in [9.17, 15) is 0 Å². The van der Waals surface area contributed by atoms with E-state index in [1.807, 2.05) is 6.92 Å². The van der Waals surface area contributed by atoms with Gasteiger partial charge in [-0.15, -0.1) is 0 Å². The Morgan fingerprint density at radius 3 is 3.12 bits per heavy atom. The summed E-state index contributed by atoms with van der Waals surface area (Å²) < 4.78 is 6.59. The summed E-state index contributed by atoms with van der Waals surface area (Å²) in [4.78, 5) is 8.10. The van der Waals surface area contributed by atoms with E-state index in [4.69, 9.17) is 16.3 Å². The van der Waals surface area contributed by atoms with Crippen molar-refractivity contribution in [1.29, 1.82) is 0 Å². The summed E-state index contributed by atoms with van der Waals surface area (Å²) >= 11 is 6.00. The van der Waals surface area contributed by atoms with Crippen LogP contribution in [0.15, 0.2) is 6.33 Å². The van der Waals surface area contributed by atoms with Crippen LogP contribution in [-0.4, -0.2) is 39.8 Å². The Hall–Kier alpha value is -1.40. The number of hydrogen-bond donors (Lipinski definition) is 1. The summed E-state index contributed by atoms with van der Waals surface area (Å²) in [6, 6.07) is 0. The molecule has 16 heavy (non-hydrogen) atoms. The fourth-order valence-corrected chi connectivity index (χ4v) is 1.54. The molecular weight excluding hydrogens is 230 g/mol. The van der Waals surface area contributed by atoms with E-state index in [1.54, 1.807) is 11.6 Å². The zero-order valence-electron chi connectivity index (χ0n) is 9.07. The van der Waals surface area contributed by atoms with Gasteiger partial charge in [-0.1, -0.05) is 11.6 Å². The minimum absolute atomic E-state index is 0.431. The first-order valence-corrected chi connectivity index (χ1v) is 5.20. The van der Waals surface area contributed by atoms with Gasteiger partial charge in [0.1, 0.15) is 17.3 Å². The van der Waals surface area contributed by atoms with Crippen LogP contribution in [0.25, 0.3) is 5.78 Å². The van der Waals surface area contributed by atoms with Crippen LogP contribution in [0.1, 0.15) is 5.56 Å². The van der Waals surface area contributed by atoms with E-state index >= 15 is 0 Å². The van der Waals surface area contributed by atoms with Crippen molar-refractivity contribution >= 4 is 23.2 Å². The number of aromatic nitrogens is 4. The number of methoxy groups -OCH3 is 1. The second kappa shape index (κ2) is 4.63.